The Balaban J connectivity index is 1.66. The first-order chi connectivity index (χ1) is 11.8. The van der Waals surface area contributed by atoms with Crippen molar-refractivity contribution in [2.45, 2.75) is 24.8 Å². The number of benzene rings is 2. The Morgan fingerprint density at radius 1 is 1.17 bits per heavy atom. The zero-order valence-electron chi connectivity index (χ0n) is 13.7. The van der Waals surface area contributed by atoms with Crippen molar-refractivity contribution in [1.82, 2.24) is 9.88 Å². The fourth-order valence-electron chi connectivity index (χ4n) is 3.43. The Kier molecular flexibility index (Phi) is 4.07. The maximum Gasteiger partial charge on any atom is 0.255 e. The molecule has 0 saturated carbocycles. The minimum atomic E-state index is 0.141. The number of hydrogen-bond donors (Lipinski definition) is 1. The number of aromatic amines is 1. The van der Waals surface area contributed by atoms with Crippen molar-refractivity contribution in [3.05, 3.63) is 65.4 Å². The molecule has 4 heteroatoms. The van der Waals surface area contributed by atoms with E-state index in [0.29, 0.717) is 6.54 Å². The summed E-state index contributed by atoms with van der Waals surface area (Å²) in [4.78, 5) is 19.6. The third kappa shape index (κ3) is 2.61. The van der Waals surface area contributed by atoms with Gasteiger partial charge in [-0.05, 0) is 24.0 Å². The van der Waals surface area contributed by atoms with Gasteiger partial charge in [0.05, 0.1) is 5.56 Å². The summed E-state index contributed by atoms with van der Waals surface area (Å²) in [6, 6.07) is 16.3. The van der Waals surface area contributed by atoms with Crippen LogP contribution in [0.4, 0.5) is 0 Å². The fraction of sp³-hybridized carbons (Fsp3) is 0.250. The van der Waals surface area contributed by atoms with Crippen LogP contribution < -0.4 is 0 Å². The molecule has 0 unspecified atom stereocenters. The lowest BCUT2D eigenvalue weighted by Crippen LogP contribution is -2.36. The minimum Gasteiger partial charge on any atom is -0.358 e. The summed E-state index contributed by atoms with van der Waals surface area (Å²) in [6.07, 6.45) is 0.888. The molecule has 1 aliphatic heterocycles. The number of nitrogens with one attached hydrogen (secondary N) is 1. The Bertz CT molecular complexity index is 900. The summed E-state index contributed by atoms with van der Waals surface area (Å²) in [5, 5.41) is 1.24. The van der Waals surface area contributed by atoms with E-state index >= 15 is 0 Å². The topological polar surface area (TPSA) is 36.1 Å². The molecule has 0 fully saturated rings. The zero-order valence-corrected chi connectivity index (χ0v) is 14.5. The van der Waals surface area contributed by atoms with Crippen LogP contribution >= 0.6 is 11.8 Å². The van der Waals surface area contributed by atoms with Gasteiger partial charge in [0.25, 0.3) is 5.91 Å². The van der Waals surface area contributed by atoms with Crippen LogP contribution in [0.2, 0.25) is 0 Å². The Morgan fingerprint density at radius 3 is 2.83 bits per heavy atom. The van der Waals surface area contributed by atoms with Gasteiger partial charge in [-0.1, -0.05) is 37.3 Å². The Morgan fingerprint density at radius 2 is 1.96 bits per heavy atom. The van der Waals surface area contributed by atoms with Gasteiger partial charge in [-0.2, -0.15) is 0 Å². The summed E-state index contributed by atoms with van der Waals surface area (Å²) < 4.78 is 0. The van der Waals surface area contributed by atoms with E-state index in [-0.39, 0.29) is 5.91 Å². The second kappa shape index (κ2) is 6.36. The number of aromatic nitrogens is 1. The van der Waals surface area contributed by atoms with Crippen LogP contribution in [0.1, 0.15) is 28.5 Å². The number of fused-ring (bicyclic) bond motifs is 3. The van der Waals surface area contributed by atoms with Crippen molar-refractivity contribution >= 4 is 28.6 Å². The van der Waals surface area contributed by atoms with Gasteiger partial charge < -0.3 is 9.88 Å². The van der Waals surface area contributed by atoms with Gasteiger partial charge in [-0.15, -0.1) is 11.8 Å². The highest BCUT2D eigenvalue weighted by Gasteiger charge is 2.25. The molecule has 0 atom stereocenters. The molecule has 2 heterocycles. The molecule has 1 N–H and O–H groups in total. The van der Waals surface area contributed by atoms with E-state index in [0.717, 1.165) is 29.2 Å². The Hall–Kier alpha value is -2.20. The van der Waals surface area contributed by atoms with Gasteiger partial charge in [-0.3, -0.25) is 4.79 Å². The van der Waals surface area contributed by atoms with Crippen LogP contribution in [0.15, 0.2) is 53.4 Å². The second-order valence-corrected chi connectivity index (χ2v) is 7.34. The van der Waals surface area contributed by atoms with Crippen LogP contribution in [-0.4, -0.2) is 28.1 Å². The molecule has 0 spiro atoms. The van der Waals surface area contributed by atoms with Gasteiger partial charge >= 0.3 is 0 Å². The number of H-pyrrole nitrogens is 1. The molecular formula is C20H20N2OS. The highest BCUT2D eigenvalue weighted by atomic mass is 32.2. The number of amides is 1. The van der Waals surface area contributed by atoms with Crippen LogP contribution in [0, 0.1) is 0 Å². The smallest absolute Gasteiger partial charge is 0.255 e. The highest BCUT2D eigenvalue weighted by Crippen LogP contribution is 2.30. The molecule has 0 aliphatic carbocycles. The molecule has 1 amide bonds. The molecule has 3 nitrogen and oxygen atoms in total. The number of para-hydroxylation sites is 1. The average molecular weight is 336 g/mol. The van der Waals surface area contributed by atoms with Gasteiger partial charge in [0.15, 0.2) is 0 Å². The largest absolute Gasteiger partial charge is 0.358 e. The van der Waals surface area contributed by atoms with Crippen LogP contribution in [-0.2, 0) is 13.0 Å². The van der Waals surface area contributed by atoms with E-state index in [1.165, 1.54) is 22.2 Å². The van der Waals surface area contributed by atoms with Gasteiger partial charge in [0, 0.05) is 46.6 Å². The number of rotatable bonds is 3. The molecule has 3 aromatic rings. The molecule has 0 radical (unpaired) electrons. The van der Waals surface area contributed by atoms with E-state index in [1.54, 1.807) is 11.8 Å². The first kappa shape index (κ1) is 15.3. The van der Waals surface area contributed by atoms with Crippen molar-refractivity contribution in [3.8, 4) is 0 Å². The zero-order chi connectivity index (χ0) is 16.5. The molecule has 1 aliphatic rings. The molecule has 2 aromatic carbocycles. The molecule has 122 valence electrons. The quantitative estimate of drug-likeness (QED) is 0.716. The summed E-state index contributed by atoms with van der Waals surface area (Å²) >= 11 is 1.73. The van der Waals surface area contributed by atoms with Crippen LogP contribution in [0.5, 0.6) is 0 Å². The lowest BCUT2D eigenvalue weighted by atomic mass is 10.0. The molecule has 24 heavy (non-hydrogen) atoms. The van der Waals surface area contributed by atoms with Gasteiger partial charge in [0.2, 0.25) is 0 Å². The summed E-state index contributed by atoms with van der Waals surface area (Å²) in [5.74, 6) is 1.11. The third-order valence-electron chi connectivity index (χ3n) is 4.59. The number of hydrogen-bond acceptors (Lipinski definition) is 2. The summed E-state index contributed by atoms with van der Waals surface area (Å²) in [6.45, 7) is 3.57. The van der Waals surface area contributed by atoms with Crippen molar-refractivity contribution < 1.29 is 4.79 Å². The van der Waals surface area contributed by atoms with E-state index in [4.69, 9.17) is 0 Å². The SMILES string of the molecule is CCSc1ccccc1C(=O)N1CCc2[nH]c3ccccc3c2C1. The van der Waals surface area contributed by atoms with E-state index in [2.05, 4.69) is 30.1 Å². The van der Waals surface area contributed by atoms with Crippen LogP contribution in [0.25, 0.3) is 10.9 Å². The van der Waals surface area contributed by atoms with Crippen molar-refractivity contribution in [2.75, 3.05) is 12.3 Å². The predicted octanol–water partition coefficient (Wildman–Crippen LogP) is 4.48. The van der Waals surface area contributed by atoms with Crippen molar-refractivity contribution in [1.29, 1.82) is 0 Å². The summed E-state index contributed by atoms with van der Waals surface area (Å²) in [5.41, 5.74) is 4.54. The van der Waals surface area contributed by atoms with E-state index in [9.17, 15) is 4.79 Å². The monoisotopic (exact) mass is 336 g/mol. The maximum atomic E-state index is 13.1. The number of carbonyl (C=O) groups is 1. The predicted molar refractivity (Wildman–Crippen MR) is 99.6 cm³/mol. The maximum absolute atomic E-state index is 13.1. The molecule has 1 aromatic heterocycles. The molecule has 0 saturated heterocycles. The third-order valence-corrected chi connectivity index (χ3v) is 5.54. The molecule has 4 rings (SSSR count). The number of nitrogens with zero attached hydrogens (tertiary/aromatic N) is 1. The van der Waals surface area contributed by atoms with Crippen molar-refractivity contribution in [3.63, 3.8) is 0 Å². The molecule has 0 bridgehead atoms. The first-order valence-electron chi connectivity index (χ1n) is 8.37. The van der Waals surface area contributed by atoms with Gasteiger partial charge in [0.1, 0.15) is 0 Å². The van der Waals surface area contributed by atoms with Gasteiger partial charge in [-0.25, -0.2) is 0 Å². The average Bonchev–Trinajstić information content (AvgIpc) is 3.00. The van der Waals surface area contributed by atoms with Crippen molar-refractivity contribution in [2.24, 2.45) is 0 Å². The number of carbonyl (C=O) groups excluding carboxylic acids is 1. The summed E-state index contributed by atoms with van der Waals surface area (Å²) in [7, 11) is 0. The standard InChI is InChI=1S/C20H20N2OS/c1-2-24-19-10-6-4-8-15(19)20(23)22-12-11-18-16(13-22)14-7-3-5-9-17(14)21-18/h3-10,21H,2,11-13H2,1H3. The first-order valence-corrected chi connectivity index (χ1v) is 9.36. The highest BCUT2D eigenvalue weighted by molar-refractivity contribution is 7.99. The second-order valence-electron chi connectivity index (χ2n) is 6.03. The van der Waals surface area contributed by atoms with Crippen LogP contribution in [0.3, 0.4) is 0 Å². The fourth-order valence-corrected chi connectivity index (χ4v) is 4.23. The lowest BCUT2D eigenvalue weighted by Gasteiger charge is -2.28. The molecular weight excluding hydrogens is 316 g/mol. The van der Waals surface area contributed by atoms with E-state index in [1.807, 2.05) is 35.2 Å². The minimum absolute atomic E-state index is 0.141. The Labute approximate surface area is 146 Å². The van der Waals surface area contributed by atoms with E-state index < -0.39 is 0 Å². The normalized spacial score (nSPS) is 14.0. The number of thioether (sulfide) groups is 1. The lowest BCUT2D eigenvalue weighted by molar-refractivity contribution is 0.0731.